The molecule has 1 aliphatic heterocycles. The normalized spacial score (nSPS) is 16.5. The molecular formula is C27H22F2N10O3S2. The van der Waals surface area contributed by atoms with E-state index in [4.69, 9.17) is 0 Å². The number of aromatic nitrogens is 6. The Balaban J connectivity index is 1.31. The van der Waals surface area contributed by atoms with Crippen LogP contribution in [-0.4, -0.2) is 80.7 Å². The maximum atomic E-state index is 13.5. The number of nitrogens with zero attached hydrogens (tertiary/aromatic N) is 9. The van der Waals surface area contributed by atoms with E-state index in [2.05, 4.69) is 29.9 Å². The molecule has 0 spiro atoms. The third-order valence-corrected chi connectivity index (χ3v) is 10.1. The Morgan fingerprint density at radius 2 is 1.86 bits per heavy atom. The average molecular weight is 637 g/mol. The Hall–Kier alpha value is -4.66. The lowest BCUT2D eigenvalue weighted by molar-refractivity contribution is 0.0740. The topological polar surface area (TPSA) is 163 Å². The number of anilines is 1. The number of fused-ring (bicyclic) bond motifs is 3. The van der Waals surface area contributed by atoms with Crippen molar-refractivity contribution in [3.05, 3.63) is 59.6 Å². The first-order valence-electron chi connectivity index (χ1n) is 13.5. The zero-order valence-electron chi connectivity index (χ0n) is 22.8. The third kappa shape index (κ3) is 4.80. The molecule has 1 amide bonds. The van der Waals surface area contributed by atoms with E-state index < -0.39 is 27.0 Å². The number of halogens is 2. The van der Waals surface area contributed by atoms with Gasteiger partial charge in [-0.2, -0.15) is 9.98 Å². The van der Waals surface area contributed by atoms with Crippen LogP contribution < -0.4 is 9.62 Å². The highest BCUT2D eigenvalue weighted by Crippen LogP contribution is 2.40. The predicted molar refractivity (Wildman–Crippen MR) is 155 cm³/mol. The monoisotopic (exact) mass is 636 g/mol. The second-order valence-corrected chi connectivity index (χ2v) is 13.1. The SMILES string of the molecule is N#CC1(NS(=O)(=O)c2ccc3c4c(N5CCN(C(=O)c6ccccn6)CC5)ncnc4n(-c4nnc(C(F)F)s4)c3c2)CC1. The van der Waals surface area contributed by atoms with Crippen molar-refractivity contribution in [2.45, 2.75) is 29.7 Å². The molecule has 0 radical (unpaired) electrons. The molecule has 0 atom stereocenters. The van der Waals surface area contributed by atoms with Gasteiger partial charge in [-0.1, -0.05) is 23.5 Å². The van der Waals surface area contributed by atoms with Crippen LogP contribution in [0.1, 0.15) is 34.8 Å². The van der Waals surface area contributed by atoms with Crippen molar-refractivity contribution in [2.75, 3.05) is 31.1 Å². The number of nitrogens with one attached hydrogen (secondary N) is 1. The van der Waals surface area contributed by atoms with Gasteiger partial charge in [0, 0.05) is 37.8 Å². The molecule has 1 aromatic carbocycles. The number of rotatable bonds is 7. The van der Waals surface area contributed by atoms with Crippen LogP contribution in [0.15, 0.2) is 53.8 Å². The first kappa shape index (κ1) is 28.1. The number of hydrogen-bond donors (Lipinski definition) is 1. The Bertz CT molecular complexity index is 2070. The summed E-state index contributed by atoms with van der Waals surface area (Å²) in [5.74, 6) is 0.366. The highest BCUT2D eigenvalue weighted by atomic mass is 32.2. The second-order valence-electron chi connectivity index (χ2n) is 10.4. The summed E-state index contributed by atoms with van der Waals surface area (Å²) in [5.41, 5.74) is -0.110. The number of nitriles is 1. The standard InChI is InChI=1S/C27H22F2N10O3S2/c28-21(29)24-34-35-26(43-24)39-19-13-16(44(41,42)36-27(14-30)6-7-27)4-5-17(19)20-22(32-15-33-23(20)39)37-9-11-38(12-10-37)25(40)18-3-1-2-8-31-18/h1-5,8,13,15,21,36H,6-7,9-12H2. The van der Waals surface area contributed by atoms with Crippen LogP contribution >= 0.6 is 11.3 Å². The average Bonchev–Trinajstić information content (AvgIpc) is 3.48. The van der Waals surface area contributed by atoms with Crippen molar-refractivity contribution in [1.29, 1.82) is 5.26 Å². The molecule has 44 heavy (non-hydrogen) atoms. The van der Waals surface area contributed by atoms with Gasteiger partial charge < -0.3 is 9.80 Å². The number of sulfonamides is 1. The molecule has 224 valence electrons. The molecule has 4 aromatic heterocycles. The Morgan fingerprint density at radius 3 is 2.52 bits per heavy atom. The predicted octanol–water partition coefficient (Wildman–Crippen LogP) is 3.05. The second kappa shape index (κ2) is 10.5. The van der Waals surface area contributed by atoms with Crippen LogP contribution in [-0.2, 0) is 10.0 Å². The first-order valence-corrected chi connectivity index (χ1v) is 15.8. The maximum Gasteiger partial charge on any atom is 0.291 e. The van der Waals surface area contributed by atoms with Gasteiger partial charge in [0.25, 0.3) is 12.3 Å². The van der Waals surface area contributed by atoms with Crippen LogP contribution in [0.4, 0.5) is 14.6 Å². The fourth-order valence-corrected chi connectivity index (χ4v) is 7.37. The quantitative estimate of drug-likeness (QED) is 0.281. The van der Waals surface area contributed by atoms with E-state index in [0.29, 0.717) is 83.8 Å². The molecule has 1 saturated heterocycles. The maximum absolute atomic E-state index is 13.5. The van der Waals surface area contributed by atoms with E-state index in [-0.39, 0.29) is 15.9 Å². The van der Waals surface area contributed by atoms with Crippen molar-refractivity contribution in [2.24, 2.45) is 0 Å². The first-order chi connectivity index (χ1) is 21.2. The van der Waals surface area contributed by atoms with Crippen LogP contribution in [0.25, 0.3) is 27.1 Å². The number of piperazine rings is 1. The van der Waals surface area contributed by atoms with Crippen molar-refractivity contribution in [3.63, 3.8) is 0 Å². The Morgan fingerprint density at radius 1 is 1.07 bits per heavy atom. The zero-order chi connectivity index (χ0) is 30.6. The summed E-state index contributed by atoms with van der Waals surface area (Å²) < 4.78 is 57.5. The van der Waals surface area contributed by atoms with E-state index in [1.165, 1.54) is 23.0 Å². The minimum absolute atomic E-state index is 0.0777. The van der Waals surface area contributed by atoms with Crippen LogP contribution in [0.2, 0.25) is 0 Å². The number of carbonyl (C=O) groups is 1. The van der Waals surface area contributed by atoms with Crippen LogP contribution in [0.5, 0.6) is 0 Å². The van der Waals surface area contributed by atoms with E-state index in [1.807, 2.05) is 11.0 Å². The molecule has 1 saturated carbocycles. The van der Waals surface area contributed by atoms with Crippen molar-refractivity contribution < 1.29 is 22.0 Å². The molecule has 5 aromatic rings. The van der Waals surface area contributed by atoms with Gasteiger partial charge in [-0.25, -0.2) is 27.2 Å². The van der Waals surface area contributed by atoms with Gasteiger partial charge in [0.05, 0.1) is 21.9 Å². The summed E-state index contributed by atoms with van der Waals surface area (Å²) >= 11 is 0.667. The minimum Gasteiger partial charge on any atom is -0.352 e. The van der Waals surface area contributed by atoms with Gasteiger partial charge in [-0.3, -0.25) is 14.3 Å². The van der Waals surface area contributed by atoms with Gasteiger partial charge in [-0.05, 0) is 37.1 Å². The number of hydrogen-bond acceptors (Lipinski definition) is 11. The highest BCUT2D eigenvalue weighted by Gasteiger charge is 2.47. The third-order valence-electron chi connectivity index (χ3n) is 7.66. The van der Waals surface area contributed by atoms with E-state index in [0.717, 1.165) is 0 Å². The Kier molecular flexibility index (Phi) is 6.72. The molecule has 0 unspecified atom stereocenters. The summed E-state index contributed by atoms with van der Waals surface area (Å²) in [5, 5.41) is 17.7. The van der Waals surface area contributed by atoms with E-state index in [1.54, 1.807) is 35.4 Å². The summed E-state index contributed by atoms with van der Waals surface area (Å²) in [7, 11) is -4.10. The molecule has 2 aliphatic rings. The van der Waals surface area contributed by atoms with Gasteiger partial charge in [0.15, 0.2) is 10.7 Å². The van der Waals surface area contributed by atoms with E-state index >= 15 is 0 Å². The van der Waals surface area contributed by atoms with Crippen LogP contribution in [0, 0.1) is 11.3 Å². The number of carbonyl (C=O) groups excluding carboxylic acids is 1. The molecule has 0 bridgehead atoms. The van der Waals surface area contributed by atoms with Gasteiger partial charge in [0.2, 0.25) is 15.2 Å². The summed E-state index contributed by atoms with van der Waals surface area (Å²) in [6.45, 7) is 1.70. The summed E-state index contributed by atoms with van der Waals surface area (Å²) in [6, 6.07) is 11.6. The molecule has 7 rings (SSSR count). The smallest absolute Gasteiger partial charge is 0.291 e. The Labute approximate surface area is 252 Å². The highest BCUT2D eigenvalue weighted by molar-refractivity contribution is 7.89. The van der Waals surface area contributed by atoms with Gasteiger partial charge >= 0.3 is 0 Å². The van der Waals surface area contributed by atoms with Crippen molar-refractivity contribution in [1.82, 2.24) is 39.3 Å². The van der Waals surface area contributed by atoms with Gasteiger partial charge in [0.1, 0.15) is 23.4 Å². The van der Waals surface area contributed by atoms with Crippen molar-refractivity contribution >= 4 is 55.0 Å². The summed E-state index contributed by atoms with van der Waals surface area (Å²) in [4.78, 5) is 29.7. The number of alkyl halides is 2. The molecule has 2 fully saturated rings. The fourth-order valence-electron chi connectivity index (χ4n) is 5.26. The van der Waals surface area contributed by atoms with Crippen molar-refractivity contribution in [3.8, 4) is 11.2 Å². The van der Waals surface area contributed by atoms with Crippen LogP contribution in [0.3, 0.4) is 0 Å². The number of amides is 1. The molecule has 17 heteroatoms. The fraction of sp³-hybridized carbons (Fsp3) is 0.296. The molecule has 13 nitrogen and oxygen atoms in total. The lowest BCUT2D eigenvalue weighted by atomic mass is 10.2. The lowest BCUT2D eigenvalue weighted by Gasteiger charge is -2.35. The minimum atomic E-state index is -4.10. The summed E-state index contributed by atoms with van der Waals surface area (Å²) in [6.07, 6.45) is 0.888. The molecule has 1 aliphatic carbocycles. The molecular weight excluding hydrogens is 614 g/mol. The number of pyridine rings is 1. The molecule has 5 heterocycles. The number of benzene rings is 1. The largest absolute Gasteiger partial charge is 0.352 e. The molecule has 1 N–H and O–H groups in total. The zero-order valence-corrected chi connectivity index (χ0v) is 24.4. The van der Waals surface area contributed by atoms with Gasteiger partial charge in [-0.15, -0.1) is 10.2 Å². The van der Waals surface area contributed by atoms with E-state index in [9.17, 15) is 27.3 Å². The lowest BCUT2D eigenvalue weighted by Crippen LogP contribution is -2.49.